The minimum absolute atomic E-state index is 0.143. The van der Waals surface area contributed by atoms with Gasteiger partial charge < -0.3 is 10.1 Å². The molecule has 0 radical (unpaired) electrons. The molecule has 0 fully saturated rings. The van der Waals surface area contributed by atoms with E-state index >= 15 is 0 Å². The maximum atomic E-state index is 5.52. The van der Waals surface area contributed by atoms with Crippen molar-refractivity contribution in [2.75, 3.05) is 13.7 Å². The third-order valence-corrected chi connectivity index (χ3v) is 4.43. The predicted octanol–water partition coefficient (Wildman–Crippen LogP) is 3.37. The van der Waals surface area contributed by atoms with E-state index < -0.39 is 0 Å². The van der Waals surface area contributed by atoms with Gasteiger partial charge in [-0.25, -0.2) is 0 Å². The summed E-state index contributed by atoms with van der Waals surface area (Å²) in [6.45, 7) is 8.26. The molecule has 0 amide bonds. The van der Waals surface area contributed by atoms with Crippen LogP contribution in [0.25, 0.3) is 0 Å². The van der Waals surface area contributed by atoms with E-state index in [4.69, 9.17) is 4.74 Å². The van der Waals surface area contributed by atoms with Crippen molar-refractivity contribution in [2.24, 2.45) is 0 Å². The molecule has 5 heteroatoms. The third-order valence-electron chi connectivity index (χ3n) is 3.35. The predicted molar refractivity (Wildman–Crippen MR) is 83.6 cm³/mol. The Morgan fingerprint density at radius 3 is 2.80 bits per heavy atom. The fourth-order valence-corrected chi connectivity index (χ4v) is 3.42. The summed E-state index contributed by atoms with van der Waals surface area (Å²) in [5.41, 5.74) is 2.44. The number of aromatic nitrogens is 2. The zero-order valence-electron chi connectivity index (χ0n) is 12.6. The van der Waals surface area contributed by atoms with Crippen LogP contribution < -0.4 is 10.1 Å². The summed E-state index contributed by atoms with van der Waals surface area (Å²) in [6.07, 6.45) is 2.87. The quantitative estimate of drug-likeness (QED) is 0.850. The van der Waals surface area contributed by atoms with Gasteiger partial charge in [-0.1, -0.05) is 13.8 Å². The molecule has 20 heavy (non-hydrogen) atoms. The summed E-state index contributed by atoms with van der Waals surface area (Å²) in [6, 6.07) is 2.31. The van der Waals surface area contributed by atoms with Gasteiger partial charge in [0.15, 0.2) is 5.75 Å². The Balaban J connectivity index is 2.48. The Hall–Kier alpha value is -1.33. The topological polar surface area (TPSA) is 39.1 Å². The van der Waals surface area contributed by atoms with Crippen LogP contribution in [0.1, 0.15) is 42.4 Å². The van der Waals surface area contributed by atoms with E-state index in [2.05, 4.69) is 47.3 Å². The number of methoxy groups -OCH3 is 1. The Morgan fingerprint density at radius 2 is 2.25 bits per heavy atom. The van der Waals surface area contributed by atoms with Gasteiger partial charge in [0.1, 0.15) is 5.69 Å². The van der Waals surface area contributed by atoms with E-state index in [1.54, 1.807) is 18.4 Å². The molecule has 0 aliphatic rings. The van der Waals surface area contributed by atoms with Crippen LogP contribution in [0, 0.1) is 6.92 Å². The van der Waals surface area contributed by atoms with Gasteiger partial charge in [-0.2, -0.15) is 5.10 Å². The number of rotatable bonds is 7. The maximum absolute atomic E-state index is 5.52. The highest BCUT2D eigenvalue weighted by Crippen LogP contribution is 2.34. The fraction of sp³-hybridized carbons (Fsp3) is 0.533. The first-order valence-electron chi connectivity index (χ1n) is 7.09. The minimum atomic E-state index is 0.143. The molecule has 1 N–H and O–H groups in total. The molecule has 0 aromatic carbocycles. The van der Waals surface area contributed by atoms with Crippen molar-refractivity contribution in [1.82, 2.24) is 15.1 Å². The van der Waals surface area contributed by atoms with Crippen LogP contribution in [0.15, 0.2) is 17.6 Å². The molecule has 0 saturated heterocycles. The van der Waals surface area contributed by atoms with Crippen LogP contribution in [0.2, 0.25) is 0 Å². The molecule has 2 aromatic heterocycles. The molecule has 2 rings (SSSR count). The summed E-state index contributed by atoms with van der Waals surface area (Å²) >= 11 is 1.78. The van der Waals surface area contributed by atoms with Crippen LogP contribution in [-0.2, 0) is 6.54 Å². The van der Waals surface area contributed by atoms with Crippen molar-refractivity contribution in [2.45, 2.75) is 39.8 Å². The standard InChI is InChI=1S/C15H23N3OS/c1-5-8-18-14(12(19-4)10-17-18)13(16-6-2)15-11(3)7-9-20-15/h7,9-10,13,16H,5-6,8H2,1-4H3. The highest BCUT2D eigenvalue weighted by atomic mass is 32.1. The molecule has 0 spiro atoms. The monoisotopic (exact) mass is 293 g/mol. The molecular weight excluding hydrogens is 270 g/mol. The van der Waals surface area contributed by atoms with Gasteiger partial charge in [0, 0.05) is 11.4 Å². The number of thiophene rings is 1. The Labute approximate surface area is 124 Å². The van der Waals surface area contributed by atoms with E-state index in [1.165, 1.54) is 10.4 Å². The van der Waals surface area contributed by atoms with Gasteiger partial charge in [-0.15, -0.1) is 11.3 Å². The number of aryl methyl sites for hydroxylation is 2. The fourth-order valence-electron chi connectivity index (χ4n) is 2.41. The SMILES string of the molecule is CCCn1ncc(OC)c1C(NCC)c1sccc1C. The normalized spacial score (nSPS) is 12.6. The lowest BCUT2D eigenvalue weighted by atomic mass is 10.1. The number of nitrogens with one attached hydrogen (secondary N) is 1. The zero-order valence-corrected chi connectivity index (χ0v) is 13.5. The lowest BCUT2D eigenvalue weighted by molar-refractivity contribution is 0.399. The summed E-state index contributed by atoms with van der Waals surface area (Å²) in [5, 5.41) is 10.2. The van der Waals surface area contributed by atoms with Crippen molar-refractivity contribution < 1.29 is 4.74 Å². The molecule has 0 saturated carbocycles. The first kappa shape index (κ1) is 15.1. The van der Waals surface area contributed by atoms with E-state index in [0.29, 0.717) is 0 Å². The number of hydrogen-bond acceptors (Lipinski definition) is 4. The first-order valence-corrected chi connectivity index (χ1v) is 7.97. The molecule has 1 unspecified atom stereocenters. The molecule has 4 nitrogen and oxygen atoms in total. The number of ether oxygens (including phenoxy) is 1. The van der Waals surface area contributed by atoms with Gasteiger partial charge in [-0.3, -0.25) is 4.68 Å². The van der Waals surface area contributed by atoms with Gasteiger partial charge in [0.05, 0.1) is 19.3 Å². The Morgan fingerprint density at radius 1 is 1.45 bits per heavy atom. The Bertz CT molecular complexity index is 547. The van der Waals surface area contributed by atoms with Crippen molar-refractivity contribution in [3.05, 3.63) is 33.8 Å². The summed E-state index contributed by atoms with van der Waals surface area (Å²) in [5.74, 6) is 0.859. The summed E-state index contributed by atoms with van der Waals surface area (Å²) < 4.78 is 7.58. The third kappa shape index (κ3) is 2.88. The second-order valence-electron chi connectivity index (χ2n) is 4.78. The second-order valence-corrected chi connectivity index (χ2v) is 5.73. The van der Waals surface area contributed by atoms with Crippen molar-refractivity contribution in [1.29, 1.82) is 0 Å². The average molecular weight is 293 g/mol. The van der Waals surface area contributed by atoms with E-state index in [9.17, 15) is 0 Å². The molecule has 2 heterocycles. The van der Waals surface area contributed by atoms with E-state index in [1.807, 2.05) is 6.20 Å². The number of nitrogens with zero attached hydrogens (tertiary/aromatic N) is 2. The summed E-state index contributed by atoms with van der Waals surface area (Å²) in [7, 11) is 1.71. The minimum Gasteiger partial charge on any atom is -0.493 e. The second kappa shape index (κ2) is 6.90. The van der Waals surface area contributed by atoms with Crippen LogP contribution in [-0.4, -0.2) is 23.4 Å². The van der Waals surface area contributed by atoms with Crippen molar-refractivity contribution >= 4 is 11.3 Å². The smallest absolute Gasteiger partial charge is 0.161 e. The number of hydrogen-bond donors (Lipinski definition) is 1. The van der Waals surface area contributed by atoms with Gasteiger partial charge >= 0.3 is 0 Å². The van der Waals surface area contributed by atoms with Crippen LogP contribution >= 0.6 is 11.3 Å². The van der Waals surface area contributed by atoms with Crippen LogP contribution in [0.5, 0.6) is 5.75 Å². The Kier molecular flexibility index (Phi) is 5.20. The lowest BCUT2D eigenvalue weighted by Crippen LogP contribution is -2.25. The first-order chi connectivity index (χ1) is 9.72. The van der Waals surface area contributed by atoms with E-state index in [-0.39, 0.29) is 6.04 Å². The van der Waals surface area contributed by atoms with E-state index in [0.717, 1.165) is 31.0 Å². The van der Waals surface area contributed by atoms with Crippen molar-refractivity contribution in [3.8, 4) is 5.75 Å². The van der Waals surface area contributed by atoms with Gasteiger partial charge in [0.2, 0.25) is 0 Å². The van der Waals surface area contributed by atoms with Crippen LogP contribution in [0.4, 0.5) is 0 Å². The molecule has 110 valence electrons. The molecule has 2 aromatic rings. The average Bonchev–Trinajstić information content (AvgIpc) is 3.03. The maximum Gasteiger partial charge on any atom is 0.161 e. The molecule has 0 bridgehead atoms. The summed E-state index contributed by atoms with van der Waals surface area (Å²) in [4.78, 5) is 1.34. The van der Waals surface area contributed by atoms with Crippen LogP contribution in [0.3, 0.4) is 0 Å². The lowest BCUT2D eigenvalue weighted by Gasteiger charge is -2.20. The molecule has 1 atom stereocenters. The molecule has 0 aliphatic heterocycles. The largest absolute Gasteiger partial charge is 0.493 e. The molecule has 0 aliphatic carbocycles. The van der Waals surface area contributed by atoms with Gasteiger partial charge in [-0.05, 0) is 36.9 Å². The molecular formula is C15H23N3OS. The van der Waals surface area contributed by atoms with Crippen molar-refractivity contribution in [3.63, 3.8) is 0 Å². The highest BCUT2D eigenvalue weighted by Gasteiger charge is 2.24. The zero-order chi connectivity index (χ0) is 14.5. The van der Waals surface area contributed by atoms with Gasteiger partial charge in [0.25, 0.3) is 0 Å². The highest BCUT2D eigenvalue weighted by molar-refractivity contribution is 7.10.